The molecular weight excluding hydrogens is 171 g/mol. The van der Waals surface area contributed by atoms with Crippen molar-refractivity contribution in [2.75, 3.05) is 0 Å². The van der Waals surface area contributed by atoms with Crippen LogP contribution in [0.2, 0.25) is 0 Å². The highest BCUT2D eigenvalue weighted by atomic mass is 19.1. The van der Waals surface area contributed by atoms with Gasteiger partial charge in [-0.2, -0.15) is 0 Å². The number of carboxylic acid groups (broad SMARTS) is 1. The van der Waals surface area contributed by atoms with Gasteiger partial charge in [-0.3, -0.25) is 0 Å². The molecule has 1 N–H and O–H groups in total. The molecule has 0 aliphatic carbocycles. The van der Waals surface area contributed by atoms with Crippen molar-refractivity contribution in [1.29, 1.82) is 0 Å². The molecule has 0 spiro atoms. The third-order valence-electron chi connectivity index (χ3n) is 1.80. The van der Waals surface area contributed by atoms with E-state index in [9.17, 15) is 9.18 Å². The van der Waals surface area contributed by atoms with Gasteiger partial charge in [0.15, 0.2) is 0 Å². The van der Waals surface area contributed by atoms with E-state index in [2.05, 4.69) is 0 Å². The Hall–Kier alpha value is -1.38. The fourth-order valence-corrected chi connectivity index (χ4v) is 1.18. The van der Waals surface area contributed by atoms with Crippen molar-refractivity contribution in [3.05, 3.63) is 35.1 Å². The molecule has 0 radical (unpaired) electrons. The van der Waals surface area contributed by atoms with Gasteiger partial charge in [0.2, 0.25) is 0 Å². The summed E-state index contributed by atoms with van der Waals surface area (Å²) < 4.78 is 13.0. The second-order valence-corrected chi connectivity index (χ2v) is 2.87. The van der Waals surface area contributed by atoms with Crippen LogP contribution in [-0.4, -0.2) is 11.1 Å². The first-order valence-corrected chi connectivity index (χ1v) is 4.17. The summed E-state index contributed by atoms with van der Waals surface area (Å²) in [5.41, 5.74) is 0.574. The molecule has 0 unspecified atom stereocenters. The second-order valence-electron chi connectivity index (χ2n) is 2.87. The van der Waals surface area contributed by atoms with E-state index in [0.717, 1.165) is 18.4 Å². The van der Waals surface area contributed by atoms with Crippen molar-refractivity contribution in [1.82, 2.24) is 0 Å². The van der Waals surface area contributed by atoms with Crippen LogP contribution in [0.4, 0.5) is 4.39 Å². The van der Waals surface area contributed by atoms with E-state index in [-0.39, 0.29) is 5.56 Å². The Balaban J connectivity index is 2.98. The first-order chi connectivity index (χ1) is 6.15. The monoisotopic (exact) mass is 182 g/mol. The number of carbonyl (C=O) groups is 1. The summed E-state index contributed by atoms with van der Waals surface area (Å²) in [4.78, 5) is 10.5. The number of hydrogen-bond acceptors (Lipinski definition) is 1. The Labute approximate surface area is 76.0 Å². The van der Waals surface area contributed by atoms with Gasteiger partial charge in [0.05, 0.1) is 5.56 Å². The van der Waals surface area contributed by atoms with Gasteiger partial charge in [0.1, 0.15) is 5.82 Å². The van der Waals surface area contributed by atoms with Crippen LogP contribution in [0.5, 0.6) is 0 Å². The molecule has 0 aliphatic heterocycles. The van der Waals surface area contributed by atoms with Gasteiger partial charge < -0.3 is 5.11 Å². The molecule has 1 aromatic rings. The van der Waals surface area contributed by atoms with Gasteiger partial charge in [-0.05, 0) is 24.1 Å². The molecule has 2 nitrogen and oxygen atoms in total. The van der Waals surface area contributed by atoms with Crippen molar-refractivity contribution in [2.24, 2.45) is 0 Å². The van der Waals surface area contributed by atoms with Gasteiger partial charge in [-0.15, -0.1) is 0 Å². The maximum absolute atomic E-state index is 13.0. The van der Waals surface area contributed by atoms with Crippen LogP contribution in [0.3, 0.4) is 0 Å². The number of carboxylic acids is 1. The maximum Gasteiger partial charge on any atom is 0.338 e. The van der Waals surface area contributed by atoms with E-state index in [1.807, 2.05) is 6.92 Å². The highest BCUT2D eigenvalue weighted by molar-refractivity contribution is 5.87. The SMILES string of the molecule is CCCc1ccc(C(=O)O)c(F)c1. The molecule has 0 saturated heterocycles. The Bertz CT molecular complexity index is 321. The van der Waals surface area contributed by atoms with Gasteiger partial charge >= 0.3 is 5.97 Å². The van der Waals surface area contributed by atoms with E-state index in [1.165, 1.54) is 12.1 Å². The van der Waals surface area contributed by atoms with Gasteiger partial charge in [0, 0.05) is 0 Å². The lowest BCUT2D eigenvalue weighted by atomic mass is 10.1. The van der Waals surface area contributed by atoms with Crippen LogP contribution >= 0.6 is 0 Å². The predicted molar refractivity (Wildman–Crippen MR) is 47.4 cm³/mol. The van der Waals surface area contributed by atoms with Crippen molar-refractivity contribution < 1.29 is 14.3 Å². The number of aryl methyl sites for hydroxylation is 1. The fourth-order valence-electron chi connectivity index (χ4n) is 1.18. The average molecular weight is 182 g/mol. The lowest BCUT2D eigenvalue weighted by molar-refractivity contribution is 0.0692. The van der Waals surface area contributed by atoms with Crippen LogP contribution < -0.4 is 0 Å². The zero-order valence-corrected chi connectivity index (χ0v) is 7.38. The normalized spacial score (nSPS) is 10.0. The number of halogens is 1. The minimum Gasteiger partial charge on any atom is -0.478 e. The predicted octanol–water partition coefficient (Wildman–Crippen LogP) is 2.48. The topological polar surface area (TPSA) is 37.3 Å². The minimum absolute atomic E-state index is 0.264. The van der Waals surface area contributed by atoms with Crippen LogP contribution in [0, 0.1) is 5.82 Å². The Morgan fingerprint density at radius 2 is 2.23 bits per heavy atom. The molecule has 1 aromatic carbocycles. The molecule has 0 aromatic heterocycles. The lowest BCUT2D eigenvalue weighted by Gasteiger charge is -2.01. The van der Waals surface area contributed by atoms with Crippen molar-refractivity contribution >= 4 is 5.97 Å². The minimum atomic E-state index is -1.22. The third-order valence-corrected chi connectivity index (χ3v) is 1.80. The van der Waals surface area contributed by atoms with Crippen molar-refractivity contribution in [2.45, 2.75) is 19.8 Å². The van der Waals surface area contributed by atoms with Crippen molar-refractivity contribution in [3.8, 4) is 0 Å². The summed E-state index contributed by atoms with van der Waals surface area (Å²) in [6.07, 6.45) is 1.70. The Morgan fingerprint density at radius 3 is 2.69 bits per heavy atom. The van der Waals surface area contributed by atoms with E-state index in [4.69, 9.17) is 5.11 Å². The average Bonchev–Trinajstić information content (AvgIpc) is 2.04. The first kappa shape index (κ1) is 9.71. The van der Waals surface area contributed by atoms with Crippen LogP contribution in [0.15, 0.2) is 18.2 Å². The highest BCUT2D eigenvalue weighted by Crippen LogP contribution is 2.11. The molecule has 0 aliphatic rings. The van der Waals surface area contributed by atoms with E-state index < -0.39 is 11.8 Å². The second kappa shape index (κ2) is 4.03. The Morgan fingerprint density at radius 1 is 1.54 bits per heavy atom. The summed E-state index contributed by atoms with van der Waals surface area (Å²) in [5, 5.41) is 8.55. The number of rotatable bonds is 3. The number of hydrogen-bond donors (Lipinski definition) is 1. The lowest BCUT2D eigenvalue weighted by Crippen LogP contribution is -2.00. The summed E-state index contributed by atoms with van der Waals surface area (Å²) in [6.45, 7) is 1.99. The van der Waals surface area contributed by atoms with Crippen LogP contribution in [0.1, 0.15) is 29.3 Å². The molecule has 0 fully saturated rings. The van der Waals surface area contributed by atoms with Crippen LogP contribution in [-0.2, 0) is 6.42 Å². The molecule has 3 heteroatoms. The largest absolute Gasteiger partial charge is 0.478 e. The molecule has 0 heterocycles. The summed E-state index contributed by atoms with van der Waals surface area (Å²) in [7, 11) is 0. The highest BCUT2D eigenvalue weighted by Gasteiger charge is 2.09. The smallest absolute Gasteiger partial charge is 0.338 e. The molecule has 0 saturated carbocycles. The summed E-state index contributed by atoms with van der Waals surface area (Å²) in [5.74, 6) is -1.88. The summed E-state index contributed by atoms with van der Waals surface area (Å²) >= 11 is 0. The summed E-state index contributed by atoms with van der Waals surface area (Å²) in [6, 6.07) is 4.24. The first-order valence-electron chi connectivity index (χ1n) is 4.17. The quantitative estimate of drug-likeness (QED) is 0.779. The third kappa shape index (κ3) is 2.28. The molecule has 0 atom stereocenters. The van der Waals surface area contributed by atoms with Crippen molar-refractivity contribution in [3.63, 3.8) is 0 Å². The molecule has 0 bridgehead atoms. The molecule has 13 heavy (non-hydrogen) atoms. The molecule has 1 rings (SSSR count). The maximum atomic E-state index is 13.0. The van der Waals surface area contributed by atoms with E-state index in [1.54, 1.807) is 6.07 Å². The Kier molecular flexibility index (Phi) is 3.01. The van der Waals surface area contributed by atoms with Crippen LogP contribution in [0.25, 0.3) is 0 Å². The standard InChI is InChI=1S/C10H11FO2/c1-2-3-7-4-5-8(10(12)13)9(11)6-7/h4-6H,2-3H2,1H3,(H,12,13). The van der Waals surface area contributed by atoms with Gasteiger partial charge in [-0.25, -0.2) is 9.18 Å². The molecule has 0 amide bonds. The number of aromatic carboxylic acids is 1. The molecule has 70 valence electrons. The van der Waals surface area contributed by atoms with Gasteiger partial charge in [0.25, 0.3) is 0 Å². The zero-order valence-electron chi connectivity index (χ0n) is 7.38. The zero-order chi connectivity index (χ0) is 9.84. The molecular formula is C10H11FO2. The van der Waals surface area contributed by atoms with Gasteiger partial charge in [-0.1, -0.05) is 19.4 Å². The van der Waals surface area contributed by atoms with E-state index >= 15 is 0 Å². The van der Waals surface area contributed by atoms with E-state index in [0.29, 0.717) is 0 Å². The number of benzene rings is 1. The fraction of sp³-hybridized carbons (Fsp3) is 0.300.